The molecule has 2 fully saturated rings. The normalized spacial score (nSPS) is 26.4. The van der Waals surface area contributed by atoms with E-state index in [4.69, 9.17) is 9.94 Å². The minimum atomic E-state index is 0.388. The van der Waals surface area contributed by atoms with Crippen LogP contribution in [0, 0.1) is 0 Å². The summed E-state index contributed by atoms with van der Waals surface area (Å²) in [5.74, 6) is 0. The average Bonchev–Trinajstić information content (AvgIpc) is 2.88. The highest BCUT2D eigenvalue weighted by atomic mass is 16.5. The van der Waals surface area contributed by atoms with E-state index >= 15 is 0 Å². The van der Waals surface area contributed by atoms with Crippen LogP contribution < -0.4 is 0 Å². The fourth-order valence-electron chi connectivity index (χ4n) is 2.74. The Morgan fingerprint density at radius 2 is 1.94 bits per heavy atom. The van der Waals surface area contributed by atoms with Gasteiger partial charge < -0.3 is 14.8 Å². The molecule has 2 rings (SSSR count). The van der Waals surface area contributed by atoms with Crippen molar-refractivity contribution in [2.45, 2.75) is 51.0 Å². The maximum absolute atomic E-state index is 8.65. The Morgan fingerprint density at radius 3 is 2.59 bits per heavy atom. The number of nitrogens with zero attached hydrogens (tertiary/aromatic N) is 2. The lowest BCUT2D eigenvalue weighted by Gasteiger charge is -2.23. The number of ether oxygens (including phenoxy) is 1. The molecule has 0 atom stereocenters. The standard InChI is InChI=1S/C13H24N2O2/c16-14-12-4-6-13(7-5-12)17-11-3-10-15-8-1-2-9-15/h13,16H,1-11H2. The lowest BCUT2D eigenvalue weighted by Crippen LogP contribution is -2.25. The van der Waals surface area contributed by atoms with Crippen molar-refractivity contribution in [2.75, 3.05) is 26.2 Å². The number of likely N-dealkylation sites (tertiary alicyclic amines) is 1. The monoisotopic (exact) mass is 240 g/mol. The van der Waals surface area contributed by atoms with E-state index in [1.807, 2.05) is 0 Å². The molecule has 1 N–H and O–H groups in total. The first-order chi connectivity index (χ1) is 8.38. The Hall–Kier alpha value is -0.610. The molecule has 1 aliphatic heterocycles. The topological polar surface area (TPSA) is 45.1 Å². The van der Waals surface area contributed by atoms with Crippen LogP contribution in [0.1, 0.15) is 44.9 Å². The molecular formula is C13H24N2O2. The third kappa shape index (κ3) is 4.28. The first-order valence-electron chi connectivity index (χ1n) is 6.92. The van der Waals surface area contributed by atoms with Gasteiger partial charge in [-0.2, -0.15) is 0 Å². The summed E-state index contributed by atoms with van der Waals surface area (Å²) in [6.45, 7) is 4.63. The molecule has 17 heavy (non-hydrogen) atoms. The van der Waals surface area contributed by atoms with Crippen molar-refractivity contribution >= 4 is 5.71 Å². The molecule has 0 aromatic rings. The van der Waals surface area contributed by atoms with Crippen LogP contribution in [-0.4, -0.2) is 48.2 Å². The van der Waals surface area contributed by atoms with Gasteiger partial charge >= 0.3 is 0 Å². The Morgan fingerprint density at radius 1 is 1.24 bits per heavy atom. The second-order valence-electron chi connectivity index (χ2n) is 5.14. The van der Waals surface area contributed by atoms with Crippen molar-refractivity contribution < 1.29 is 9.94 Å². The molecule has 0 aromatic carbocycles. The van der Waals surface area contributed by atoms with Crippen molar-refractivity contribution in [1.82, 2.24) is 4.90 Å². The van der Waals surface area contributed by atoms with E-state index in [1.165, 1.54) is 32.5 Å². The molecule has 0 spiro atoms. The lowest BCUT2D eigenvalue weighted by molar-refractivity contribution is 0.0351. The highest BCUT2D eigenvalue weighted by Crippen LogP contribution is 2.19. The Labute approximate surface area is 104 Å². The van der Waals surface area contributed by atoms with Gasteiger partial charge in [-0.15, -0.1) is 0 Å². The average molecular weight is 240 g/mol. The van der Waals surface area contributed by atoms with Crippen LogP contribution in [0.25, 0.3) is 0 Å². The first-order valence-corrected chi connectivity index (χ1v) is 6.92. The van der Waals surface area contributed by atoms with Gasteiger partial charge in [0.15, 0.2) is 0 Å². The second kappa shape index (κ2) is 6.97. The number of hydrogen-bond acceptors (Lipinski definition) is 4. The Bertz CT molecular complexity index is 240. The summed E-state index contributed by atoms with van der Waals surface area (Å²) in [7, 11) is 0. The number of rotatable bonds is 5. The largest absolute Gasteiger partial charge is 0.411 e. The van der Waals surface area contributed by atoms with Gasteiger partial charge in [0.1, 0.15) is 0 Å². The van der Waals surface area contributed by atoms with E-state index in [2.05, 4.69) is 10.1 Å². The molecule has 0 aromatic heterocycles. The molecule has 2 aliphatic rings. The molecule has 98 valence electrons. The van der Waals surface area contributed by atoms with Crippen LogP contribution in [0.2, 0.25) is 0 Å². The van der Waals surface area contributed by atoms with E-state index in [-0.39, 0.29) is 0 Å². The molecular weight excluding hydrogens is 216 g/mol. The molecule has 1 heterocycles. The van der Waals surface area contributed by atoms with Crippen LogP contribution in [-0.2, 0) is 4.74 Å². The van der Waals surface area contributed by atoms with E-state index in [0.29, 0.717) is 6.10 Å². The molecule has 1 saturated heterocycles. The summed E-state index contributed by atoms with van der Waals surface area (Å²) < 4.78 is 5.87. The quantitative estimate of drug-likeness (QED) is 0.455. The molecule has 4 nitrogen and oxygen atoms in total. The minimum absolute atomic E-state index is 0.388. The summed E-state index contributed by atoms with van der Waals surface area (Å²) in [5.41, 5.74) is 0.932. The predicted octanol–water partition coefficient (Wildman–Crippen LogP) is 2.26. The van der Waals surface area contributed by atoms with Crippen LogP contribution in [0.4, 0.5) is 0 Å². The summed E-state index contributed by atoms with van der Waals surface area (Å²) >= 11 is 0. The van der Waals surface area contributed by atoms with Gasteiger partial charge in [0.2, 0.25) is 0 Å². The van der Waals surface area contributed by atoms with Crippen molar-refractivity contribution in [3.8, 4) is 0 Å². The second-order valence-corrected chi connectivity index (χ2v) is 5.14. The number of oxime groups is 1. The first kappa shape index (κ1) is 12.8. The van der Waals surface area contributed by atoms with Crippen LogP contribution in [0.5, 0.6) is 0 Å². The highest BCUT2D eigenvalue weighted by molar-refractivity contribution is 5.84. The molecule has 0 radical (unpaired) electrons. The molecule has 0 amide bonds. The highest BCUT2D eigenvalue weighted by Gasteiger charge is 2.18. The van der Waals surface area contributed by atoms with E-state index in [0.717, 1.165) is 44.4 Å². The SMILES string of the molecule is ON=C1CCC(OCCCN2CCCC2)CC1. The van der Waals surface area contributed by atoms with Crippen LogP contribution in [0.3, 0.4) is 0 Å². The van der Waals surface area contributed by atoms with Gasteiger partial charge in [-0.1, -0.05) is 5.16 Å². The van der Waals surface area contributed by atoms with Crippen molar-refractivity contribution in [1.29, 1.82) is 0 Å². The Kier molecular flexibility index (Phi) is 5.26. The van der Waals surface area contributed by atoms with Gasteiger partial charge in [0, 0.05) is 13.2 Å². The van der Waals surface area contributed by atoms with E-state index in [1.54, 1.807) is 0 Å². The van der Waals surface area contributed by atoms with Gasteiger partial charge in [-0.05, 0) is 58.0 Å². The maximum Gasteiger partial charge on any atom is 0.0582 e. The number of hydrogen-bond donors (Lipinski definition) is 1. The zero-order valence-corrected chi connectivity index (χ0v) is 10.6. The smallest absolute Gasteiger partial charge is 0.0582 e. The third-order valence-corrected chi connectivity index (χ3v) is 3.82. The summed E-state index contributed by atoms with van der Waals surface area (Å²) in [4.78, 5) is 2.53. The molecule has 1 aliphatic carbocycles. The third-order valence-electron chi connectivity index (χ3n) is 3.82. The van der Waals surface area contributed by atoms with Crippen molar-refractivity contribution in [2.24, 2.45) is 5.16 Å². The minimum Gasteiger partial charge on any atom is -0.411 e. The van der Waals surface area contributed by atoms with Gasteiger partial charge in [0.25, 0.3) is 0 Å². The predicted molar refractivity (Wildman–Crippen MR) is 67.7 cm³/mol. The molecule has 0 bridgehead atoms. The Balaban J connectivity index is 1.50. The van der Waals surface area contributed by atoms with Crippen LogP contribution in [0.15, 0.2) is 5.16 Å². The molecule has 0 unspecified atom stereocenters. The molecule has 1 saturated carbocycles. The summed E-state index contributed by atoms with van der Waals surface area (Å²) in [6.07, 6.45) is 8.10. The zero-order valence-electron chi connectivity index (χ0n) is 10.6. The van der Waals surface area contributed by atoms with Gasteiger partial charge in [0.05, 0.1) is 11.8 Å². The van der Waals surface area contributed by atoms with Gasteiger partial charge in [-0.3, -0.25) is 0 Å². The zero-order chi connectivity index (χ0) is 11.9. The van der Waals surface area contributed by atoms with Crippen molar-refractivity contribution in [3.63, 3.8) is 0 Å². The van der Waals surface area contributed by atoms with E-state index in [9.17, 15) is 0 Å². The van der Waals surface area contributed by atoms with Gasteiger partial charge in [-0.25, -0.2) is 0 Å². The summed E-state index contributed by atoms with van der Waals surface area (Å²) in [5, 5.41) is 11.9. The van der Waals surface area contributed by atoms with Crippen molar-refractivity contribution in [3.05, 3.63) is 0 Å². The molecule has 4 heteroatoms. The maximum atomic E-state index is 8.65. The summed E-state index contributed by atoms with van der Waals surface area (Å²) in [6, 6.07) is 0. The fraction of sp³-hybridized carbons (Fsp3) is 0.923. The van der Waals surface area contributed by atoms with E-state index < -0.39 is 0 Å². The fourth-order valence-corrected chi connectivity index (χ4v) is 2.74. The lowest BCUT2D eigenvalue weighted by atomic mass is 9.96. The van der Waals surface area contributed by atoms with Crippen LogP contribution >= 0.6 is 0 Å².